The molecule has 8 heteroatoms. The van der Waals surface area contributed by atoms with Crippen LogP contribution in [-0.2, 0) is 4.79 Å². The smallest absolute Gasteiger partial charge is 0.255 e. The third-order valence-corrected chi connectivity index (χ3v) is 4.99. The van der Waals surface area contributed by atoms with Gasteiger partial charge in [-0.2, -0.15) is 10.2 Å². The number of hydrogen-bond acceptors (Lipinski definition) is 4. The molecule has 3 aromatic rings. The minimum absolute atomic E-state index is 0.283. The summed E-state index contributed by atoms with van der Waals surface area (Å²) < 4.78 is 14.4. The maximum absolute atomic E-state index is 14.4. The van der Waals surface area contributed by atoms with Gasteiger partial charge in [-0.25, -0.2) is 9.37 Å². The molecule has 2 aromatic heterocycles. The van der Waals surface area contributed by atoms with Crippen LogP contribution in [-0.4, -0.2) is 25.9 Å². The summed E-state index contributed by atoms with van der Waals surface area (Å²) in [7, 11) is 0. The number of allylic oxidation sites excluding steroid dienone is 4. The fraction of sp³-hybridized carbons (Fsp3) is 0.167. The number of nitrogens with zero attached hydrogens (tertiary/aromatic N) is 4. The van der Waals surface area contributed by atoms with Crippen LogP contribution in [0.4, 0.5) is 10.1 Å². The van der Waals surface area contributed by atoms with E-state index in [1.165, 1.54) is 29.5 Å². The van der Waals surface area contributed by atoms with Crippen molar-refractivity contribution < 1.29 is 9.18 Å². The number of rotatable bonds is 7. The van der Waals surface area contributed by atoms with Crippen molar-refractivity contribution in [1.82, 2.24) is 20.0 Å². The molecule has 1 amide bonds. The van der Waals surface area contributed by atoms with E-state index in [0.29, 0.717) is 33.8 Å². The second-order valence-electron chi connectivity index (χ2n) is 6.83. The highest BCUT2D eigenvalue weighted by atomic mass is 35.5. The Hall–Kier alpha value is -3.58. The fourth-order valence-corrected chi connectivity index (χ4v) is 3.42. The van der Waals surface area contributed by atoms with Crippen molar-refractivity contribution in [3.63, 3.8) is 0 Å². The summed E-state index contributed by atoms with van der Waals surface area (Å²) in [5.41, 5.74) is 2.56. The van der Waals surface area contributed by atoms with Crippen molar-refractivity contribution in [2.45, 2.75) is 27.2 Å². The number of nitrogens with one attached hydrogen (secondary N) is 1. The van der Waals surface area contributed by atoms with E-state index < -0.39 is 0 Å². The summed E-state index contributed by atoms with van der Waals surface area (Å²) in [5.74, 6) is -0.355. The molecule has 0 saturated carbocycles. The standard InChI is InChI=1S/C24H23ClFN5O/c1-4-6-9-19(16(3)18(5-2)20-10-7-8-11-22(20)26)24(32)30-17-14-21(25)23(27-15-17)31-28-12-13-29-31/h5-15H,4H2,1-3H3,(H,30,32)/b9-6+,18-5+,19-16+. The fourth-order valence-electron chi connectivity index (χ4n) is 3.18. The van der Waals surface area contributed by atoms with Crippen LogP contribution < -0.4 is 5.32 Å². The zero-order valence-electron chi connectivity index (χ0n) is 18.0. The van der Waals surface area contributed by atoms with E-state index >= 15 is 0 Å². The predicted molar refractivity (Wildman–Crippen MR) is 125 cm³/mol. The number of benzene rings is 1. The van der Waals surface area contributed by atoms with Gasteiger partial charge in [-0.15, -0.1) is 4.80 Å². The van der Waals surface area contributed by atoms with Gasteiger partial charge >= 0.3 is 0 Å². The van der Waals surface area contributed by atoms with Crippen LogP contribution >= 0.6 is 11.6 Å². The highest BCUT2D eigenvalue weighted by molar-refractivity contribution is 6.32. The first-order chi connectivity index (χ1) is 15.5. The molecule has 0 unspecified atom stereocenters. The monoisotopic (exact) mass is 451 g/mol. The topological polar surface area (TPSA) is 72.7 Å². The van der Waals surface area contributed by atoms with Crippen LogP contribution in [0, 0.1) is 5.82 Å². The molecule has 164 valence electrons. The minimum Gasteiger partial charge on any atom is -0.321 e. The molecular formula is C24H23ClFN5O. The summed E-state index contributed by atoms with van der Waals surface area (Å²) in [6.07, 6.45) is 10.7. The second-order valence-corrected chi connectivity index (χ2v) is 7.24. The summed E-state index contributed by atoms with van der Waals surface area (Å²) in [6, 6.07) is 8.07. The van der Waals surface area contributed by atoms with E-state index in [1.54, 1.807) is 43.3 Å². The Labute approximate surface area is 191 Å². The van der Waals surface area contributed by atoms with E-state index in [1.807, 2.05) is 19.9 Å². The number of aromatic nitrogens is 4. The van der Waals surface area contributed by atoms with Crippen LogP contribution in [0.5, 0.6) is 0 Å². The van der Waals surface area contributed by atoms with Crippen molar-refractivity contribution in [3.8, 4) is 5.82 Å². The molecule has 3 rings (SSSR count). The quantitative estimate of drug-likeness (QED) is 0.365. The summed E-state index contributed by atoms with van der Waals surface area (Å²) in [6.45, 7) is 5.59. The Morgan fingerprint density at radius 3 is 2.59 bits per heavy atom. The van der Waals surface area contributed by atoms with Gasteiger partial charge in [0.1, 0.15) is 5.82 Å². The minimum atomic E-state index is -0.356. The van der Waals surface area contributed by atoms with Gasteiger partial charge in [0.15, 0.2) is 5.82 Å². The molecule has 0 radical (unpaired) electrons. The van der Waals surface area contributed by atoms with Crippen LogP contribution in [0.25, 0.3) is 11.4 Å². The maximum Gasteiger partial charge on any atom is 0.255 e. The predicted octanol–water partition coefficient (Wildman–Crippen LogP) is 5.78. The molecule has 0 atom stereocenters. The van der Waals surface area contributed by atoms with Gasteiger partial charge in [0, 0.05) is 11.1 Å². The van der Waals surface area contributed by atoms with Crippen molar-refractivity contribution in [2.75, 3.05) is 5.32 Å². The first-order valence-corrected chi connectivity index (χ1v) is 10.5. The molecule has 0 aliphatic heterocycles. The molecule has 0 fully saturated rings. The molecule has 0 bridgehead atoms. The van der Waals surface area contributed by atoms with Gasteiger partial charge in [0.2, 0.25) is 0 Å². The van der Waals surface area contributed by atoms with Crippen molar-refractivity contribution in [1.29, 1.82) is 0 Å². The van der Waals surface area contributed by atoms with Crippen LogP contribution in [0.2, 0.25) is 5.02 Å². The third-order valence-electron chi connectivity index (χ3n) is 4.71. The van der Waals surface area contributed by atoms with Gasteiger partial charge in [-0.3, -0.25) is 4.79 Å². The molecule has 0 saturated heterocycles. The average molecular weight is 452 g/mol. The van der Waals surface area contributed by atoms with Gasteiger partial charge < -0.3 is 5.32 Å². The lowest BCUT2D eigenvalue weighted by molar-refractivity contribution is -0.112. The van der Waals surface area contributed by atoms with Crippen molar-refractivity contribution in [2.24, 2.45) is 0 Å². The summed E-state index contributed by atoms with van der Waals surface area (Å²) in [4.78, 5) is 18.7. The number of halogens is 2. The lowest BCUT2D eigenvalue weighted by Crippen LogP contribution is -2.16. The lowest BCUT2D eigenvalue weighted by Gasteiger charge is -2.14. The maximum atomic E-state index is 14.4. The normalized spacial score (nSPS) is 12.7. The highest BCUT2D eigenvalue weighted by Gasteiger charge is 2.17. The molecule has 1 aromatic carbocycles. The van der Waals surface area contributed by atoms with Crippen molar-refractivity contribution in [3.05, 3.63) is 94.7 Å². The second kappa shape index (κ2) is 10.6. The van der Waals surface area contributed by atoms with Crippen LogP contribution in [0.1, 0.15) is 32.8 Å². The number of pyridine rings is 1. The Kier molecular flexibility index (Phi) is 7.68. The van der Waals surface area contributed by atoms with E-state index in [0.717, 1.165) is 6.42 Å². The number of amides is 1. The molecule has 6 nitrogen and oxygen atoms in total. The van der Waals surface area contributed by atoms with Gasteiger partial charge in [-0.1, -0.05) is 55.0 Å². The third kappa shape index (κ3) is 5.18. The first kappa shape index (κ1) is 23.1. The van der Waals surface area contributed by atoms with Crippen molar-refractivity contribution >= 4 is 28.8 Å². The molecule has 32 heavy (non-hydrogen) atoms. The SMILES string of the molecule is C\C=C(/C(C)=C(\C=C\CC)C(=O)Nc1cnc(-n2nccn2)c(Cl)c1)c1ccccc1F. The van der Waals surface area contributed by atoms with Gasteiger partial charge in [0.05, 0.1) is 29.3 Å². The first-order valence-electron chi connectivity index (χ1n) is 10.1. The van der Waals surface area contributed by atoms with Crippen LogP contribution in [0.3, 0.4) is 0 Å². The molecule has 0 aliphatic carbocycles. The molecule has 0 aliphatic rings. The van der Waals surface area contributed by atoms with Gasteiger partial charge in [-0.05, 0) is 43.5 Å². The van der Waals surface area contributed by atoms with E-state index in [2.05, 4.69) is 20.5 Å². The van der Waals surface area contributed by atoms with E-state index in [9.17, 15) is 9.18 Å². The largest absolute Gasteiger partial charge is 0.321 e. The molecule has 1 N–H and O–H groups in total. The average Bonchev–Trinajstić information content (AvgIpc) is 3.30. The zero-order valence-corrected chi connectivity index (χ0v) is 18.8. The Morgan fingerprint density at radius 2 is 1.97 bits per heavy atom. The molecule has 2 heterocycles. The van der Waals surface area contributed by atoms with E-state index in [-0.39, 0.29) is 16.7 Å². The number of hydrogen-bond donors (Lipinski definition) is 1. The zero-order chi connectivity index (χ0) is 23.1. The summed E-state index contributed by atoms with van der Waals surface area (Å²) in [5, 5.41) is 11.1. The molecular weight excluding hydrogens is 429 g/mol. The Morgan fingerprint density at radius 1 is 1.25 bits per heavy atom. The Balaban J connectivity index is 1.95. The lowest BCUT2D eigenvalue weighted by atomic mass is 9.93. The highest BCUT2D eigenvalue weighted by Crippen LogP contribution is 2.29. The van der Waals surface area contributed by atoms with E-state index in [4.69, 9.17) is 11.6 Å². The van der Waals surface area contributed by atoms with Gasteiger partial charge in [0.25, 0.3) is 5.91 Å². The number of carbonyl (C=O) groups is 1. The molecule has 0 spiro atoms. The van der Waals surface area contributed by atoms with Crippen LogP contribution in [0.15, 0.2) is 78.3 Å². The number of carbonyl (C=O) groups excluding carboxylic acids is 1. The summed E-state index contributed by atoms with van der Waals surface area (Å²) >= 11 is 6.31. The number of anilines is 1. The Bertz CT molecular complexity index is 1200.